The van der Waals surface area contributed by atoms with Crippen LogP contribution in [0.5, 0.6) is 0 Å². The molecule has 0 aliphatic carbocycles. The van der Waals surface area contributed by atoms with Crippen molar-refractivity contribution >= 4 is 16.8 Å². The van der Waals surface area contributed by atoms with Gasteiger partial charge in [0.25, 0.3) is 5.56 Å². The van der Waals surface area contributed by atoms with Gasteiger partial charge in [0.2, 0.25) is 5.91 Å². The highest BCUT2D eigenvalue weighted by Gasteiger charge is 2.23. The van der Waals surface area contributed by atoms with Crippen LogP contribution in [0.15, 0.2) is 59.7 Å². The van der Waals surface area contributed by atoms with E-state index in [2.05, 4.69) is 20.5 Å². The molecule has 4 aromatic rings. The van der Waals surface area contributed by atoms with Crippen molar-refractivity contribution in [1.82, 2.24) is 29.9 Å². The van der Waals surface area contributed by atoms with Crippen molar-refractivity contribution in [3.05, 3.63) is 82.2 Å². The van der Waals surface area contributed by atoms with E-state index in [-0.39, 0.29) is 11.5 Å². The summed E-state index contributed by atoms with van der Waals surface area (Å²) in [5.41, 5.74) is 3.25. The number of aromatic nitrogens is 5. The van der Waals surface area contributed by atoms with Gasteiger partial charge in [-0.3, -0.25) is 14.6 Å². The van der Waals surface area contributed by atoms with Gasteiger partial charge < -0.3 is 5.32 Å². The molecule has 0 bridgehead atoms. The molecule has 3 aromatic heterocycles. The molecule has 0 aliphatic rings. The third-order valence-electron chi connectivity index (χ3n) is 5.08. The van der Waals surface area contributed by atoms with Crippen molar-refractivity contribution in [3.8, 4) is 5.69 Å². The summed E-state index contributed by atoms with van der Waals surface area (Å²) in [6.45, 7) is 5.63. The van der Waals surface area contributed by atoms with Crippen LogP contribution in [0.3, 0.4) is 0 Å². The van der Waals surface area contributed by atoms with Gasteiger partial charge >= 0.3 is 0 Å². The number of nitrogens with zero attached hydrogens (tertiary/aromatic N) is 5. The molecule has 0 fully saturated rings. The van der Waals surface area contributed by atoms with E-state index < -0.39 is 6.04 Å². The average Bonchev–Trinajstić information content (AvgIpc) is 3.13. The zero-order valence-electron chi connectivity index (χ0n) is 17.0. The summed E-state index contributed by atoms with van der Waals surface area (Å²) in [6, 6.07) is 12.5. The lowest BCUT2D eigenvalue weighted by Crippen LogP contribution is -2.37. The van der Waals surface area contributed by atoms with Crippen LogP contribution in [-0.4, -0.2) is 30.5 Å². The molecule has 30 heavy (non-hydrogen) atoms. The number of hydrogen-bond donors (Lipinski definition) is 1. The van der Waals surface area contributed by atoms with Crippen LogP contribution in [0.2, 0.25) is 0 Å². The smallest absolute Gasteiger partial charge is 0.278 e. The molecular formula is C22H22N6O2. The first-order valence-corrected chi connectivity index (χ1v) is 9.68. The Bertz CT molecular complexity index is 1260. The van der Waals surface area contributed by atoms with Gasteiger partial charge in [0.1, 0.15) is 11.6 Å². The molecule has 1 aromatic carbocycles. The van der Waals surface area contributed by atoms with Crippen molar-refractivity contribution < 1.29 is 4.79 Å². The van der Waals surface area contributed by atoms with Gasteiger partial charge in [0, 0.05) is 18.9 Å². The fraction of sp³-hybridized carbons (Fsp3) is 0.227. The largest absolute Gasteiger partial charge is 0.350 e. The highest BCUT2D eigenvalue weighted by atomic mass is 16.2. The molecule has 1 atom stereocenters. The van der Waals surface area contributed by atoms with Gasteiger partial charge in [0.15, 0.2) is 0 Å². The van der Waals surface area contributed by atoms with E-state index in [0.717, 1.165) is 11.3 Å². The Labute approximate surface area is 173 Å². The Hall–Kier alpha value is -3.81. The molecule has 0 spiro atoms. The molecule has 0 radical (unpaired) electrons. The van der Waals surface area contributed by atoms with Gasteiger partial charge in [-0.15, -0.1) is 0 Å². The first-order valence-electron chi connectivity index (χ1n) is 9.68. The lowest BCUT2D eigenvalue weighted by atomic mass is 10.2. The molecule has 0 saturated carbocycles. The SMILES string of the molecule is Cc1nn([C@H](C)C(=O)NCc2cccnc2)c(=O)c2c(C)n(-c3ccccc3)nc12. The first-order chi connectivity index (χ1) is 14.5. The zero-order chi connectivity index (χ0) is 21.3. The monoisotopic (exact) mass is 402 g/mol. The second-order valence-electron chi connectivity index (χ2n) is 7.15. The number of carbonyl (C=O) groups is 1. The minimum Gasteiger partial charge on any atom is -0.350 e. The van der Waals surface area contributed by atoms with Gasteiger partial charge in [-0.05, 0) is 44.5 Å². The molecular weight excluding hydrogens is 380 g/mol. The predicted octanol–water partition coefficient (Wildman–Crippen LogP) is 2.47. The van der Waals surface area contributed by atoms with Crippen LogP contribution in [0, 0.1) is 13.8 Å². The maximum absolute atomic E-state index is 13.2. The van der Waals surface area contributed by atoms with Crippen molar-refractivity contribution in [2.24, 2.45) is 0 Å². The fourth-order valence-electron chi connectivity index (χ4n) is 3.41. The summed E-state index contributed by atoms with van der Waals surface area (Å²) in [5.74, 6) is -0.291. The maximum atomic E-state index is 13.2. The summed E-state index contributed by atoms with van der Waals surface area (Å²) in [4.78, 5) is 29.9. The van der Waals surface area contributed by atoms with Gasteiger partial charge in [-0.2, -0.15) is 10.2 Å². The van der Waals surface area contributed by atoms with Crippen LogP contribution in [0.4, 0.5) is 0 Å². The topological polar surface area (TPSA) is 94.7 Å². The summed E-state index contributed by atoms with van der Waals surface area (Å²) >= 11 is 0. The fourth-order valence-corrected chi connectivity index (χ4v) is 3.41. The third kappa shape index (κ3) is 3.47. The Balaban J connectivity index is 1.69. The number of nitrogens with one attached hydrogen (secondary N) is 1. The Morgan fingerprint density at radius 1 is 1.10 bits per heavy atom. The summed E-state index contributed by atoms with van der Waals surface area (Å²) in [7, 11) is 0. The number of pyridine rings is 1. The van der Waals surface area contributed by atoms with Crippen LogP contribution < -0.4 is 10.9 Å². The van der Waals surface area contributed by atoms with Gasteiger partial charge in [-0.25, -0.2) is 9.36 Å². The predicted molar refractivity (Wildman–Crippen MR) is 113 cm³/mol. The molecule has 3 heterocycles. The van der Waals surface area contributed by atoms with Crippen molar-refractivity contribution in [1.29, 1.82) is 0 Å². The first kappa shape index (κ1) is 19.5. The number of carbonyl (C=O) groups excluding carboxylic acids is 1. The molecule has 1 N–H and O–H groups in total. The molecule has 1 amide bonds. The van der Waals surface area contributed by atoms with Crippen LogP contribution in [-0.2, 0) is 11.3 Å². The van der Waals surface area contributed by atoms with E-state index >= 15 is 0 Å². The second kappa shape index (κ2) is 7.90. The third-order valence-corrected chi connectivity index (χ3v) is 5.08. The van der Waals surface area contributed by atoms with Gasteiger partial charge in [-0.1, -0.05) is 24.3 Å². The average molecular weight is 402 g/mol. The number of amides is 1. The number of fused-ring (bicyclic) bond motifs is 1. The van der Waals surface area contributed by atoms with E-state index in [0.29, 0.717) is 28.8 Å². The highest BCUT2D eigenvalue weighted by molar-refractivity contribution is 5.84. The minimum atomic E-state index is -0.767. The maximum Gasteiger partial charge on any atom is 0.278 e. The standard InChI is InChI=1S/C22H22N6O2/c1-14-20-19(15(2)27(26-20)18-9-5-4-6-10-18)22(30)28(25-14)16(3)21(29)24-13-17-8-7-11-23-12-17/h4-12,16H,13H2,1-3H3,(H,24,29)/t16-/m1/s1. The summed E-state index contributed by atoms with van der Waals surface area (Å²) in [5, 5.41) is 12.3. The van der Waals surface area contributed by atoms with Crippen LogP contribution in [0.25, 0.3) is 16.6 Å². The number of hydrogen-bond acceptors (Lipinski definition) is 5. The number of benzene rings is 1. The summed E-state index contributed by atoms with van der Waals surface area (Å²) in [6.07, 6.45) is 3.36. The normalized spacial score (nSPS) is 12.1. The Kier molecular flexibility index (Phi) is 5.14. The number of aryl methyl sites for hydroxylation is 2. The lowest BCUT2D eigenvalue weighted by Gasteiger charge is -2.15. The molecule has 4 rings (SSSR count). The van der Waals surface area contributed by atoms with E-state index in [1.54, 1.807) is 37.0 Å². The van der Waals surface area contributed by atoms with E-state index in [1.165, 1.54) is 4.68 Å². The number of para-hydroxylation sites is 1. The molecule has 0 aliphatic heterocycles. The highest BCUT2D eigenvalue weighted by Crippen LogP contribution is 2.20. The molecule has 152 valence electrons. The minimum absolute atomic E-state index is 0.291. The van der Waals surface area contributed by atoms with Crippen molar-refractivity contribution in [2.75, 3.05) is 0 Å². The van der Waals surface area contributed by atoms with Crippen molar-refractivity contribution in [2.45, 2.75) is 33.4 Å². The molecule has 0 unspecified atom stereocenters. The Morgan fingerprint density at radius 3 is 2.57 bits per heavy atom. The number of rotatable bonds is 5. The molecule has 0 saturated heterocycles. The van der Waals surface area contributed by atoms with Gasteiger partial charge in [0.05, 0.1) is 22.5 Å². The second-order valence-corrected chi connectivity index (χ2v) is 7.15. The Morgan fingerprint density at radius 2 is 1.87 bits per heavy atom. The quantitative estimate of drug-likeness (QED) is 0.553. The molecule has 8 heteroatoms. The van der Waals surface area contributed by atoms with E-state index in [4.69, 9.17) is 0 Å². The lowest BCUT2D eigenvalue weighted by molar-refractivity contribution is -0.124. The van der Waals surface area contributed by atoms with Crippen LogP contribution >= 0.6 is 0 Å². The summed E-state index contributed by atoms with van der Waals surface area (Å²) < 4.78 is 2.97. The molecule has 8 nitrogen and oxygen atoms in total. The van der Waals surface area contributed by atoms with Crippen molar-refractivity contribution in [3.63, 3.8) is 0 Å². The van der Waals surface area contributed by atoms with E-state index in [9.17, 15) is 9.59 Å². The van der Waals surface area contributed by atoms with E-state index in [1.807, 2.05) is 43.3 Å². The van der Waals surface area contributed by atoms with Crippen LogP contribution in [0.1, 0.15) is 29.9 Å². The zero-order valence-corrected chi connectivity index (χ0v) is 17.0.